The summed E-state index contributed by atoms with van der Waals surface area (Å²) >= 11 is 0. The molecule has 0 aromatic heterocycles. The van der Waals surface area contributed by atoms with Gasteiger partial charge in [-0.3, -0.25) is 4.79 Å². The highest BCUT2D eigenvalue weighted by Crippen LogP contribution is 2.34. The fraction of sp³-hybridized carbons (Fsp3) is 0.133. The number of anilines is 2. The van der Waals surface area contributed by atoms with Crippen molar-refractivity contribution in [2.75, 3.05) is 24.3 Å². The van der Waals surface area contributed by atoms with Gasteiger partial charge in [-0.2, -0.15) is 0 Å². The number of nitrogens with two attached hydrogens (primary N) is 1. The van der Waals surface area contributed by atoms with Crippen molar-refractivity contribution in [1.82, 2.24) is 0 Å². The number of carbonyl (C=O) groups is 1. The molecule has 0 atom stereocenters. The first-order valence-corrected chi connectivity index (χ1v) is 6.41. The number of fused-ring (bicyclic) bond motifs is 1. The van der Waals surface area contributed by atoms with Gasteiger partial charge in [0.15, 0.2) is 11.5 Å². The molecule has 0 spiro atoms. The van der Waals surface area contributed by atoms with Crippen molar-refractivity contribution < 1.29 is 18.7 Å². The number of nitrogen functional groups attached to an aromatic ring is 1. The van der Waals surface area contributed by atoms with Gasteiger partial charge in [-0.15, -0.1) is 0 Å². The maximum Gasteiger partial charge on any atom is 0.259 e. The second kappa shape index (κ2) is 5.32. The molecule has 3 N–H and O–H groups in total. The molecule has 1 aliphatic rings. The number of para-hydroxylation sites is 2. The molecular weight excluding hydrogens is 275 g/mol. The summed E-state index contributed by atoms with van der Waals surface area (Å²) in [6, 6.07) is 9.18. The van der Waals surface area contributed by atoms with Crippen LogP contribution in [-0.2, 0) is 0 Å². The molecule has 5 nitrogen and oxygen atoms in total. The van der Waals surface area contributed by atoms with Crippen LogP contribution in [0.3, 0.4) is 0 Å². The van der Waals surface area contributed by atoms with E-state index in [-0.39, 0.29) is 16.9 Å². The maximum atomic E-state index is 13.7. The lowest BCUT2D eigenvalue weighted by molar-refractivity contribution is 0.101. The molecule has 0 saturated carbocycles. The molecule has 0 saturated heterocycles. The fourth-order valence-electron chi connectivity index (χ4n) is 2.11. The minimum Gasteiger partial charge on any atom is -0.486 e. The van der Waals surface area contributed by atoms with E-state index in [1.807, 2.05) is 0 Å². The maximum absolute atomic E-state index is 13.7. The summed E-state index contributed by atoms with van der Waals surface area (Å²) < 4.78 is 24.6. The topological polar surface area (TPSA) is 73.6 Å². The molecule has 21 heavy (non-hydrogen) atoms. The molecule has 1 aliphatic heterocycles. The number of nitrogens with one attached hydrogen (secondary N) is 1. The van der Waals surface area contributed by atoms with E-state index in [0.29, 0.717) is 24.7 Å². The summed E-state index contributed by atoms with van der Waals surface area (Å²) in [4.78, 5) is 12.3. The van der Waals surface area contributed by atoms with Crippen LogP contribution in [0.5, 0.6) is 11.5 Å². The van der Waals surface area contributed by atoms with Gasteiger partial charge in [-0.1, -0.05) is 12.1 Å². The zero-order chi connectivity index (χ0) is 14.8. The van der Waals surface area contributed by atoms with Gasteiger partial charge in [0.25, 0.3) is 5.91 Å². The van der Waals surface area contributed by atoms with Gasteiger partial charge in [0.05, 0.1) is 11.3 Å². The molecule has 0 radical (unpaired) electrons. The highest BCUT2D eigenvalue weighted by molar-refractivity contribution is 6.08. The van der Waals surface area contributed by atoms with Crippen LogP contribution in [-0.4, -0.2) is 19.1 Å². The van der Waals surface area contributed by atoms with Crippen molar-refractivity contribution in [3.63, 3.8) is 0 Å². The molecule has 0 aliphatic carbocycles. The van der Waals surface area contributed by atoms with E-state index in [9.17, 15) is 9.18 Å². The van der Waals surface area contributed by atoms with E-state index < -0.39 is 11.7 Å². The number of hydrogen-bond donors (Lipinski definition) is 2. The number of amides is 1. The molecule has 1 heterocycles. The number of carbonyl (C=O) groups excluding carboxylic acids is 1. The quantitative estimate of drug-likeness (QED) is 0.832. The van der Waals surface area contributed by atoms with Gasteiger partial charge in [0.1, 0.15) is 24.7 Å². The first-order valence-electron chi connectivity index (χ1n) is 6.41. The standard InChI is InChI=1S/C15H13FN2O3/c16-10-4-2-5-11(17)13(10)18-15(19)9-3-1-6-12-14(9)21-8-7-20-12/h1-6H,7-8,17H2,(H,18,19). The largest absolute Gasteiger partial charge is 0.486 e. The van der Waals surface area contributed by atoms with Gasteiger partial charge in [0.2, 0.25) is 0 Å². The lowest BCUT2D eigenvalue weighted by atomic mass is 10.1. The van der Waals surface area contributed by atoms with Gasteiger partial charge in [-0.25, -0.2) is 4.39 Å². The number of hydrogen-bond acceptors (Lipinski definition) is 4. The van der Waals surface area contributed by atoms with Crippen LogP contribution >= 0.6 is 0 Å². The van der Waals surface area contributed by atoms with Crippen LogP contribution in [0.2, 0.25) is 0 Å². The smallest absolute Gasteiger partial charge is 0.259 e. The van der Waals surface area contributed by atoms with Crippen molar-refractivity contribution in [2.45, 2.75) is 0 Å². The third-order valence-corrected chi connectivity index (χ3v) is 3.10. The number of ether oxygens (including phenoxy) is 2. The average Bonchev–Trinajstić information content (AvgIpc) is 2.50. The van der Waals surface area contributed by atoms with Crippen molar-refractivity contribution in [1.29, 1.82) is 0 Å². The van der Waals surface area contributed by atoms with E-state index in [4.69, 9.17) is 15.2 Å². The number of rotatable bonds is 2. The van der Waals surface area contributed by atoms with E-state index >= 15 is 0 Å². The first-order chi connectivity index (χ1) is 10.2. The minimum atomic E-state index is -0.592. The molecule has 0 unspecified atom stereocenters. The van der Waals surface area contributed by atoms with Gasteiger partial charge in [-0.05, 0) is 24.3 Å². The molecule has 0 bridgehead atoms. The summed E-state index contributed by atoms with van der Waals surface area (Å²) in [5.41, 5.74) is 6.06. The van der Waals surface area contributed by atoms with E-state index in [1.165, 1.54) is 18.2 Å². The van der Waals surface area contributed by atoms with E-state index in [1.54, 1.807) is 18.2 Å². The summed E-state index contributed by atoms with van der Waals surface area (Å²) in [6.45, 7) is 0.789. The Hall–Kier alpha value is -2.76. The van der Waals surface area contributed by atoms with Crippen LogP contribution in [0.1, 0.15) is 10.4 Å². The Labute approximate surface area is 120 Å². The lowest BCUT2D eigenvalue weighted by Gasteiger charge is -2.20. The molecule has 6 heteroatoms. The number of benzene rings is 2. The zero-order valence-corrected chi connectivity index (χ0v) is 11.1. The Morgan fingerprint density at radius 3 is 2.71 bits per heavy atom. The van der Waals surface area contributed by atoms with Crippen molar-refractivity contribution >= 4 is 17.3 Å². The second-order valence-electron chi connectivity index (χ2n) is 4.49. The van der Waals surface area contributed by atoms with E-state index in [0.717, 1.165) is 0 Å². The zero-order valence-electron chi connectivity index (χ0n) is 11.1. The molecule has 3 rings (SSSR count). The van der Waals surface area contributed by atoms with Crippen LogP contribution in [0, 0.1) is 5.82 Å². The van der Waals surface area contributed by atoms with Crippen molar-refractivity contribution in [2.24, 2.45) is 0 Å². The molecule has 0 fully saturated rings. The molecule has 1 amide bonds. The minimum absolute atomic E-state index is 0.0446. The summed E-state index contributed by atoms with van der Waals surface area (Å²) in [5.74, 6) is -0.244. The SMILES string of the molecule is Nc1cccc(F)c1NC(=O)c1cccc2c1OCCO2. The monoisotopic (exact) mass is 288 g/mol. The Bertz CT molecular complexity index is 683. The Morgan fingerprint density at radius 1 is 1.14 bits per heavy atom. The van der Waals surface area contributed by atoms with Gasteiger partial charge in [0, 0.05) is 0 Å². The fourth-order valence-corrected chi connectivity index (χ4v) is 2.11. The Kier molecular flexibility index (Phi) is 3.35. The highest BCUT2D eigenvalue weighted by atomic mass is 19.1. The Balaban J connectivity index is 1.93. The predicted molar refractivity (Wildman–Crippen MR) is 76.2 cm³/mol. The van der Waals surface area contributed by atoms with E-state index in [2.05, 4.69) is 5.32 Å². The van der Waals surface area contributed by atoms with Gasteiger partial charge >= 0.3 is 0 Å². The molecule has 2 aromatic rings. The summed E-state index contributed by atoms with van der Waals surface area (Å²) in [6.07, 6.45) is 0. The first kappa shape index (κ1) is 13.2. The van der Waals surface area contributed by atoms with Crippen molar-refractivity contribution in [3.8, 4) is 11.5 Å². The third kappa shape index (κ3) is 2.47. The third-order valence-electron chi connectivity index (χ3n) is 3.10. The lowest BCUT2D eigenvalue weighted by Crippen LogP contribution is -2.20. The molecule has 2 aromatic carbocycles. The predicted octanol–water partition coefficient (Wildman–Crippen LogP) is 2.43. The second-order valence-corrected chi connectivity index (χ2v) is 4.49. The van der Waals surface area contributed by atoms with Crippen LogP contribution < -0.4 is 20.5 Å². The van der Waals surface area contributed by atoms with Gasteiger partial charge < -0.3 is 20.5 Å². The summed E-state index contributed by atoms with van der Waals surface area (Å²) in [5, 5.41) is 2.47. The average molecular weight is 288 g/mol. The molecular formula is C15H13FN2O3. The Morgan fingerprint density at radius 2 is 1.90 bits per heavy atom. The van der Waals surface area contributed by atoms with Crippen molar-refractivity contribution in [3.05, 3.63) is 47.8 Å². The van der Waals surface area contributed by atoms with Crippen LogP contribution in [0.25, 0.3) is 0 Å². The van der Waals surface area contributed by atoms with Crippen LogP contribution in [0.4, 0.5) is 15.8 Å². The number of halogens is 1. The van der Waals surface area contributed by atoms with Crippen LogP contribution in [0.15, 0.2) is 36.4 Å². The highest BCUT2D eigenvalue weighted by Gasteiger charge is 2.21. The normalized spacial score (nSPS) is 12.8. The molecule has 108 valence electrons. The summed E-state index contributed by atoms with van der Waals surface area (Å²) in [7, 11) is 0.